The van der Waals surface area contributed by atoms with E-state index in [0.29, 0.717) is 29.1 Å². The number of hydrogen-bond acceptors (Lipinski definition) is 4. The van der Waals surface area contributed by atoms with Crippen molar-refractivity contribution in [3.8, 4) is 5.75 Å². The maximum absolute atomic E-state index is 12.4. The van der Waals surface area contributed by atoms with Crippen molar-refractivity contribution in [2.45, 2.75) is 40.0 Å². The van der Waals surface area contributed by atoms with E-state index in [-0.39, 0.29) is 5.91 Å². The zero-order valence-electron chi connectivity index (χ0n) is 14.5. The fraction of sp³-hybridized carbons (Fsp3) is 0.474. The van der Waals surface area contributed by atoms with Crippen molar-refractivity contribution in [1.29, 1.82) is 0 Å². The minimum absolute atomic E-state index is 0.121. The minimum Gasteiger partial charge on any atom is -0.493 e. The normalized spacial score (nSPS) is 16.8. The largest absolute Gasteiger partial charge is 0.493 e. The van der Waals surface area contributed by atoms with Crippen molar-refractivity contribution in [2.75, 3.05) is 11.9 Å². The number of aromatic nitrogens is 1. The second-order valence-corrected chi connectivity index (χ2v) is 8.00. The summed E-state index contributed by atoms with van der Waals surface area (Å²) >= 11 is 1.61. The van der Waals surface area contributed by atoms with Gasteiger partial charge in [0.05, 0.1) is 12.3 Å². The number of fused-ring (bicyclic) bond motifs is 1. The number of anilines is 1. The molecule has 128 valence electrons. The Balaban J connectivity index is 1.62. The number of benzene rings is 1. The molecule has 1 aromatic carbocycles. The van der Waals surface area contributed by atoms with E-state index in [1.165, 1.54) is 11.3 Å². The molecule has 1 heterocycles. The first-order chi connectivity index (χ1) is 11.5. The maximum atomic E-state index is 12.4. The molecular formula is C19H24N2O2S. The van der Waals surface area contributed by atoms with Gasteiger partial charge in [0, 0.05) is 10.4 Å². The Hall–Kier alpha value is -1.88. The highest BCUT2D eigenvalue weighted by molar-refractivity contribution is 7.15. The van der Waals surface area contributed by atoms with Gasteiger partial charge < -0.3 is 4.74 Å². The van der Waals surface area contributed by atoms with Crippen LogP contribution in [0.5, 0.6) is 5.75 Å². The highest BCUT2D eigenvalue weighted by Crippen LogP contribution is 2.32. The molecule has 3 rings (SSSR count). The van der Waals surface area contributed by atoms with Crippen molar-refractivity contribution in [3.05, 3.63) is 40.4 Å². The molecule has 0 saturated heterocycles. The summed E-state index contributed by atoms with van der Waals surface area (Å²) in [5.41, 5.74) is 1.78. The van der Waals surface area contributed by atoms with Gasteiger partial charge in [0.25, 0.3) is 5.91 Å². The van der Waals surface area contributed by atoms with E-state index in [1.807, 2.05) is 12.1 Å². The Labute approximate surface area is 147 Å². The van der Waals surface area contributed by atoms with Gasteiger partial charge in [0.2, 0.25) is 0 Å². The van der Waals surface area contributed by atoms with E-state index in [0.717, 1.165) is 24.3 Å². The fourth-order valence-corrected chi connectivity index (χ4v) is 3.89. The minimum atomic E-state index is -0.121. The van der Waals surface area contributed by atoms with Crippen LogP contribution < -0.4 is 10.1 Å². The van der Waals surface area contributed by atoms with Crippen LogP contribution in [0.15, 0.2) is 24.3 Å². The van der Waals surface area contributed by atoms with E-state index in [4.69, 9.17) is 4.74 Å². The third-order valence-electron chi connectivity index (χ3n) is 4.11. The number of amides is 1. The van der Waals surface area contributed by atoms with Crippen molar-refractivity contribution >= 4 is 22.4 Å². The van der Waals surface area contributed by atoms with E-state index in [2.05, 4.69) is 31.1 Å². The van der Waals surface area contributed by atoms with Gasteiger partial charge in [-0.1, -0.05) is 20.8 Å². The predicted octanol–water partition coefficient (Wildman–Crippen LogP) is 4.56. The molecule has 1 atom stereocenters. The SMILES string of the molecule is CC(C)COc1ccc(C(=O)Nc2nc3c(s2)C[C@@H](C)CC3)cc1. The van der Waals surface area contributed by atoms with Crippen molar-refractivity contribution < 1.29 is 9.53 Å². The summed E-state index contributed by atoms with van der Waals surface area (Å²) in [4.78, 5) is 18.3. The molecule has 0 fully saturated rings. The lowest BCUT2D eigenvalue weighted by molar-refractivity contribution is 0.102. The van der Waals surface area contributed by atoms with Gasteiger partial charge in [0.15, 0.2) is 5.13 Å². The van der Waals surface area contributed by atoms with E-state index >= 15 is 0 Å². The van der Waals surface area contributed by atoms with Gasteiger partial charge in [-0.3, -0.25) is 10.1 Å². The molecule has 0 saturated carbocycles. The fourth-order valence-electron chi connectivity index (χ4n) is 2.73. The Kier molecular flexibility index (Phi) is 5.19. The van der Waals surface area contributed by atoms with Crippen LogP contribution in [0.25, 0.3) is 0 Å². The van der Waals surface area contributed by atoms with Crippen LogP contribution in [-0.2, 0) is 12.8 Å². The summed E-state index contributed by atoms with van der Waals surface area (Å²) in [5.74, 6) is 1.86. The van der Waals surface area contributed by atoms with Gasteiger partial charge in [-0.2, -0.15) is 0 Å². The molecule has 0 spiro atoms. The average molecular weight is 344 g/mol. The van der Waals surface area contributed by atoms with E-state index < -0.39 is 0 Å². The van der Waals surface area contributed by atoms with Gasteiger partial charge >= 0.3 is 0 Å². The maximum Gasteiger partial charge on any atom is 0.257 e. The quantitative estimate of drug-likeness (QED) is 0.865. The number of rotatable bonds is 5. The number of nitrogens with zero attached hydrogens (tertiary/aromatic N) is 1. The van der Waals surface area contributed by atoms with E-state index in [1.54, 1.807) is 23.5 Å². The number of hydrogen-bond donors (Lipinski definition) is 1. The number of carbonyl (C=O) groups is 1. The molecule has 0 aliphatic heterocycles. The predicted molar refractivity (Wildman–Crippen MR) is 98.0 cm³/mol. The zero-order chi connectivity index (χ0) is 17.1. The Morgan fingerprint density at radius 2 is 2.12 bits per heavy atom. The van der Waals surface area contributed by atoms with Gasteiger partial charge in [-0.25, -0.2) is 4.98 Å². The Morgan fingerprint density at radius 1 is 1.38 bits per heavy atom. The summed E-state index contributed by atoms with van der Waals surface area (Å²) in [5, 5.41) is 3.64. The summed E-state index contributed by atoms with van der Waals surface area (Å²) in [6, 6.07) is 7.26. The van der Waals surface area contributed by atoms with Crippen LogP contribution in [0.4, 0.5) is 5.13 Å². The third-order valence-corrected chi connectivity index (χ3v) is 5.14. The third kappa shape index (κ3) is 4.15. The van der Waals surface area contributed by atoms with Gasteiger partial charge in [0.1, 0.15) is 5.75 Å². The molecule has 2 aromatic rings. The van der Waals surface area contributed by atoms with Crippen LogP contribution in [0.3, 0.4) is 0 Å². The molecule has 1 N–H and O–H groups in total. The van der Waals surface area contributed by atoms with Gasteiger partial charge in [-0.15, -0.1) is 11.3 Å². The highest BCUT2D eigenvalue weighted by Gasteiger charge is 2.20. The first-order valence-electron chi connectivity index (χ1n) is 8.54. The van der Waals surface area contributed by atoms with Crippen LogP contribution in [0.2, 0.25) is 0 Å². The number of aryl methyl sites for hydroxylation is 1. The molecule has 0 unspecified atom stereocenters. The smallest absolute Gasteiger partial charge is 0.257 e. The second kappa shape index (κ2) is 7.34. The molecule has 4 nitrogen and oxygen atoms in total. The zero-order valence-corrected chi connectivity index (χ0v) is 15.3. The van der Waals surface area contributed by atoms with E-state index in [9.17, 15) is 4.79 Å². The summed E-state index contributed by atoms with van der Waals surface area (Å²) in [7, 11) is 0. The van der Waals surface area contributed by atoms with Crippen molar-refractivity contribution in [1.82, 2.24) is 4.98 Å². The number of thiazole rings is 1. The highest BCUT2D eigenvalue weighted by atomic mass is 32.1. The number of nitrogens with one attached hydrogen (secondary N) is 1. The molecule has 0 radical (unpaired) electrons. The summed E-state index contributed by atoms with van der Waals surface area (Å²) < 4.78 is 5.64. The summed E-state index contributed by atoms with van der Waals surface area (Å²) in [6.45, 7) is 7.16. The molecule has 1 aliphatic carbocycles. The van der Waals surface area contributed by atoms with Gasteiger partial charge in [-0.05, 0) is 55.4 Å². The molecular weight excluding hydrogens is 320 g/mol. The Bertz CT molecular complexity index is 707. The topological polar surface area (TPSA) is 51.2 Å². The number of carbonyl (C=O) groups excluding carboxylic acids is 1. The lowest BCUT2D eigenvalue weighted by Gasteiger charge is -2.15. The summed E-state index contributed by atoms with van der Waals surface area (Å²) in [6.07, 6.45) is 3.28. The molecule has 1 aliphatic rings. The van der Waals surface area contributed by atoms with Crippen LogP contribution in [-0.4, -0.2) is 17.5 Å². The van der Waals surface area contributed by atoms with Crippen LogP contribution in [0, 0.1) is 11.8 Å². The monoisotopic (exact) mass is 344 g/mol. The van der Waals surface area contributed by atoms with Crippen molar-refractivity contribution in [3.63, 3.8) is 0 Å². The van der Waals surface area contributed by atoms with Crippen LogP contribution in [0.1, 0.15) is 48.1 Å². The molecule has 24 heavy (non-hydrogen) atoms. The first-order valence-corrected chi connectivity index (χ1v) is 9.35. The van der Waals surface area contributed by atoms with Crippen LogP contribution >= 0.6 is 11.3 Å². The van der Waals surface area contributed by atoms with Crippen molar-refractivity contribution in [2.24, 2.45) is 11.8 Å². The molecule has 1 amide bonds. The first kappa shape index (κ1) is 17.0. The molecule has 1 aromatic heterocycles. The standard InChI is InChI=1S/C19H24N2O2S/c1-12(2)11-23-15-7-5-14(6-8-15)18(22)21-19-20-16-9-4-13(3)10-17(16)24-19/h5-8,12-13H,4,9-11H2,1-3H3,(H,20,21,22)/t13-/m0/s1. The lowest BCUT2D eigenvalue weighted by atomic mass is 9.93. The average Bonchev–Trinajstić information content (AvgIpc) is 2.94. The lowest BCUT2D eigenvalue weighted by Crippen LogP contribution is -2.12. The second-order valence-electron chi connectivity index (χ2n) is 6.92. The molecule has 0 bridgehead atoms. The molecule has 5 heteroatoms. The number of ether oxygens (including phenoxy) is 1. The Morgan fingerprint density at radius 3 is 2.83 bits per heavy atom.